The predicted molar refractivity (Wildman–Crippen MR) is 121 cm³/mol. The largest absolute Gasteiger partial charge is 0.307 e. The van der Waals surface area contributed by atoms with Gasteiger partial charge in [0.2, 0.25) is 16.0 Å². The number of benzene rings is 1. The Labute approximate surface area is 188 Å². The summed E-state index contributed by atoms with van der Waals surface area (Å²) in [6, 6.07) is 4.88. The molecule has 3 heterocycles. The Balaban J connectivity index is 1.57. The minimum atomic E-state index is -3.72. The molecule has 5 rings (SSSR count). The van der Waals surface area contributed by atoms with E-state index in [0.29, 0.717) is 30.3 Å². The lowest BCUT2D eigenvalue weighted by molar-refractivity contribution is 0.0832. The molecule has 1 atom stereocenters. The van der Waals surface area contributed by atoms with E-state index in [1.165, 1.54) is 6.07 Å². The van der Waals surface area contributed by atoms with Crippen LogP contribution in [0.1, 0.15) is 54.0 Å². The number of nitrogens with zero attached hydrogens (tertiary/aromatic N) is 5. The molecule has 0 unspecified atom stereocenters. The third-order valence-corrected chi connectivity index (χ3v) is 8.40. The van der Waals surface area contributed by atoms with Crippen molar-refractivity contribution < 1.29 is 13.2 Å². The fourth-order valence-electron chi connectivity index (χ4n) is 4.45. The molecule has 10 heteroatoms. The number of fused-ring (bicyclic) bond motifs is 3. The zero-order valence-corrected chi connectivity index (χ0v) is 19.8. The Morgan fingerprint density at radius 3 is 2.59 bits per heavy atom. The summed E-state index contributed by atoms with van der Waals surface area (Å²) in [5.41, 5.74) is 3.51. The summed E-state index contributed by atoms with van der Waals surface area (Å²) in [6.45, 7) is 8.75. The predicted octanol–water partition coefficient (Wildman–Crippen LogP) is 2.09. The molecule has 1 aliphatic carbocycles. The van der Waals surface area contributed by atoms with Crippen molar-refractivity contribution in [3.8, 4) is 0 Å². The van der Waals surface area contributed by atoms with Gasteiger partial charge < -0.3 is 4.90 Å². The van der Waals surface area contributed by atoms with Gasteiger partial charge in [0.1, 0.15) is 0 Å². The van der Waals surface area contributed by atoms with Crippen LogP contribution in [0.3, 0.4) is 0 Å². The van der Waals surface area contributed by atoms with Gasteiger partial charge in [0.25, 0.3) is 5.91 Å². The van der Waals surface area contributed by atoms with Crippen LogP contribution in [-0.4, -0.2) is 53.1 Å². The number of rotatable bonds is 5. The molecule has 1 aromatic heterocycles. The van der Waals surface area contributed by atoms with Crippen LogP contribution >= 0.6 is 0 Å². The number of aromatic nitrogens is 2. The Bertz CT molecular complexity index is 1270. The standard InChI is InChI=1S/C22H28N6O3S/c1-13-11-23-21-27(12-18-14(2)24-26(5)15(18)3)20(29)17-10-16(6-7-19(17)28(13)21)32(30,31)25-22(4)8-9-22/h6-7,10,13,25H,8-9,11-12H2,1-5H3/t13-/m1/s1. The van der Waals surface area contributed by atoms with E-state index in [0.717, 1.165) is 29.8 Å². The van der Waals surface area contributed by atoms with Crippen LogP contribution in [0.4, 0.5) is 5.69 Å². The zero-order chi connectivity index (χ0) is 23.0. The second-order valence-corrected chi connectivity index (χ2v) is 11.1. The number of anilines is 1. The number of guanidine groups is 1. The molecule has 0 spiro atoms. The Morgan fingerprint density at radius 1 is 1.25 bits per heavy atom. The quantitative estimate of drug-likeness (QED) is 0.743. The van der Waals surface area contributed by atoms with Gasteiger partial charge >= 0.3 is 0 Å². The molecule has 170 valence electrons. The first kappa shape index (κ1) is 21.1. The van der Waals surface area contributed by atoms with E-state index < -0.39 is 10.0 Å². The van der Waals surface area contributed by atoms with Crippen molar-refractivity contribution in [2.75, 3.05) is 11.4 Å². The first-order valence-electron chi connectivity index (χ1n) is 10.8. The molecule has 0 radical (unpaired) electrons. The monoisotopic (exact) mass is 456 g/mol. The molecule has 9 nitrogen and oxygen atoms in total. The fraction of sp³-hybridized carbons (Fsp3) is 0.500. The average molecular weight is 457 g/mol. The molecule has 2 aromatic rings. The minimum Gasteiger partial charge on any atom is -0.307 e. The molecule has 0 bridgehead atoms. The average Bonchev–Trinajstić information content (AvgIpc) is 3.23. The molecule has 1 N–H and O–H groups in total. The Hall–Kier alpha value is -2.72. The van der Waals surface area contributed by atoms with Gasteiger partial charge in [0.15, 0.2) is 0 Å². The fourth-order valence-corrected chi connectivity index (χ4v) is 5.94. The van der Waals surface area contributed by atoms with Gasteiger partial charge in [-0.05, 0) is 58.7 Å². The van der Waals surface area contributed by atoms with E-state index in [4.69, 9.17) is 0 Å². The van der Waals surface area contributed by atoms with Crippen molar-refractivity contribution in [2.45, 2.75) is 63.6 Å². The molecule has 3 aliphatic rings. The smallest absolute Gasteiger partial charge is 0.263 e. The third-order valence-electron chi connectivity index (χ3n) is 6.76. The van der Waals surface area contributed by atoms with Gasteiger partial charge in [-0.25, -0.2) is 13.1 Å². The van der Waals surface area contributed by atoms with Gasteiger partial charge in [-0.15, -0.1) is 0 Å². The molecule has 1 fully saturated rings. The van der Waals surface area contributed by atoms with Gasteiger partial charge in [-0.2, -0.15) is 5.10 Å². The van der Waals surface area contributed by atoms with Crippen LogP contribution in [0.15, 0.2) is 28.1 Å². The van der Waals surface area contributed by atoms with Crippen molar-refractivity contribution in [3.63, 3.8) is 0 Å². The van der Waals surface area contributed by atoms with E-state index in [2.05, 4.69) is 21.7 Å². The van der Waals surface area contributed by atoms with E-state index in [9.17, 15) is 13.2 Å². The maximum absolute atomic E-state index is 13.7. The number of carbonyl (C=O) groups is 1. The number of aliphatic imine (C=N–C) groups is 1. The van der Waals surface area contributed by atoms with Crippen molar-refractivity contribution in [2.24, 2.45) is 12.0 Å². The molecule has 32 heavy (non-hydrogen) atoms. The van der Waals surface area contributed by atoms with Crippen molar-refractivity contribution in [1.82, 2.24) is 19.4 Å². The second-order valence-electron chi connectivity index (χ2n) is 9.37. The number of amides is 1. The highest BCUT2D eigenvalue weighted by molar-refractivity contribution is 7.89. The van der Waals surface area contributed by atoms with E-state index >= 15 is 0 Å². The first-order valence-corrected chi connectivity index (χ1v) is 12.3. The summed E-state index contributed by atoms with van der Waals surface area (Å²) < 4.78 is 30.5. The topological polar surface area (TPSA) is 99.9 Å². The molecule has 1 amide bonds. The van der Waals surface area contributed by atoms with Crippen LogP contribution < -0.4 is 9.62 Å². The number of nitrogens with one attached hydrogen (secondary N) is 1. The Morgan fingerprint density at radius 2 is 1.97 bits per heavy atom. The van der Waals surface area contributed by atoms with Crippen LogP contribution in [0.2, 0.25) is 0 Å². The molecular weight excluding hydrogens is 428 g/mol. The first-order chi connectivity index (χ1) is 15.0. The van der Waals surface area contributed by atoms with Gasteiger partial charge in [0.05, 0.1) is 41.0 Å². The summed E-state index contributed by atoms with van der Waals surface area (Å²) in [7, 11) is -1.84. The second kappa shape index (κ2) is 6.89. The molecule has 1 saturated carbocycles. The van der Waals surface area contributed by atoms with Crippen LogP contribution in [0.5, 0.6) is 0 Å². The normalized spacial score (nSPS) is 21.5. The molecule has 2 aliphatic heterocycles. The highest BCUT2D eigenvalue weighted by Crippen LogP contribution is 2.38. The van der Waals surface area contributed by atoms with Crippen molar-refractivity contribution >= 4 is 27.6 Å². The number of hydrogen-bond donors (Lipinski definition) is 1. The summed E-state index contributed by atoms with van der Waals surface area (Å²) in [6.07, 6.45) is 1.64. The SMILES string of the molecule is Cc1nn(C)c(C)c1CN1C(=O)c2cc(S(=O)(=O)NC3(C)CC3)ccc2N2C1=NC[C@H]2C. The van der Waals surface area contributed by atoms with Crippen molar-refractivity contribution in [1.29, 1.82) is 0 Å². The summed E-state index contributed by atoms with van der Waals surface area (Å²) in [5.74, 6) is 0.360. The number of hydrogen-bond acceptors (Lipinski definition) is 6. The lowest BCUT2D eigenvalue weighted by Gasteiger charge is -2.38. The van der Waals surface area contributed by atoms with Crippen LogP contribution in [0, 0.1) is 13.8 Å². The zero-order valence-electron chi connectivity index (χ0n) is 19.0. The summed E-state index contributed by atoms with van der Waals surface area (Å²) in [4.78, 5) is 22.1. The minimum absolute atomic E-state index is 0.0707. The third kappa shape index (κ3) is 3.24. The van der Waals surface area contributed by atoms with Crippen LogP contribution in [-0.2, 0) is 23.6 Å². The lowest BCUT2D eigenvalue weighted by atomic mass is 10.1. The number of aryl methyl sites for hydroxylation is 2. The van der Waals surface area contributed by atoms with Crippen molar-refractivity contribution in [3.05, 3.63) is 40.7 Å². The van der Waals surface area contributed by atoms with Gasteiger partial charge in [-0.3, -0.25) is 19.4 Å². The van der Waals surface area contributed by atoms with E-state index in [1.54, 1.807) is 21.7 Å². The lowest BCUT2D eigenvalue weighted by Crippen LogP contribution is -2.52. The maximum atomic E-state index is 13.7. The molecule has 1 aromatic carbocycles. The van der Waals surface area contributed by atoms with Crippen LogP contribution in [0.25, 0.3) is 0 Å². The summed E-state index contributed by atoms with van der Waals surface area (Å²) >= 11 is 0. The highest BCUT2D eigenvalue weighted by atomic mass is 32.2. The van der Waals surface area contributed by atoms with E-state index in [-0.39, 0.29) is 22.4 Å². The van der Waals surface area contributed by atoms with Gasteiger partial charge in [0, 0.05) is 23.8 Å². The summed E-state index contributed by atoms with van der Waals surface area (Å²) in [5, 5.41) is 4.47. The van der Waals surface area contributed by atoms with Gasteiger partial charge in [-0.1, -0.05) is 0 Å². The Kier molecular flexibility index (Phi) is 4.55. The molecule has 0 saturated heterocycles. The maximum Gasteiger partial charge on any atom is 0.263 e. The van der Waals surface area contributed by atoms with E-state index in [1.807, 2.05) is 32.7 Å². The highest BCUT2D eigenvalue weighted by Gasteiger charge is 2.43. The number of carbonyl (C=O) groups excluding carboxylic acids is 1. The molecular formula is C22H28N6O3S. The number of sulfonamides is 1.